The Morgan fingerprint density at radius 3 is 2.60 bits per heavy atom. The molecule has 1 heterocycles. The number of nitro benzene ring substituents is 1. The fourth-order valence-electron chi connectivity index (χ4n) is 2.32. The molecular weight excluding hydrogens is 284 g/mol. The summed E-state index contributed by atoms with van der Waals surface area (Å²) in [5, 5.41) is 10.6. The first-order valence-corrected chi connectivity index (χ1v) is 8.04. The molecule has 1 aliphatic rings. The van der Waals surface area contributed by atoms with Crippen molar-refractivity contribution >= 4 is 21.5 Å². The first-order chi connectivity index (χ1) is 9.37. The van der Waals surface area contributed by atoms with E-state index in [9.17, 15) is 18.5 Å². The van der Waals surface area contributed by atoms with Crippen molar-refractivity contribution in [3.63, 3.8) is 0 Å². The molecule has 0 aliphatic carbocycles. The highest BCUT2D eigenvalue weighted by atomic mass is 32.2. The van der Waals surface area contributed by atoms with Crippen LogP contribution in [0.3, 0.4) is 0 Å². The minimum absolute atomic E-state index is 0.0221. The number of hydrogen-bond donors (Lipinski definition) is 0. The third-order valence-corrected chi connectivity index (χ3v) is 3.81. The number of nitrogens with zero attached hydrogens (tertiary/aromatic N) is 2. The van der Waals surface area contributed by atoms with Crippen LogP contribution in [0.4, 0.5) is 11.4 Å². The number of rotatable bonds is 5. The van der Waals surface area contributed by atoms with E-state index < -0.39 is 15.0 Å². The second-order valence-corrected chi connectivity index (χ2v) is 6.40. The summed E-state index contributed by atoms with van der Waals surface area (Å²) < 4.78 is 26.9. The van der Waals surface area contributed by atoms with E-state index in [-0.39, 0.29) is 18.3 Å². The van der Waals surface area contributed by atoms with Crippen LogP contribution >= 0.6 is 0 Å². The van der Waals surface area contributed by atoms with Crippen LogP contribution in [-0.2, 0) is 14.3 Å². The molecule has 7 nitrogen and oxygen atoms in total. The Bertz CT molecular complexity index is 584. The Morgan fingerprint density at radius 2 is 2.05 bits per heavy atom. The van der Waals surface area contributed by atoms with Crippen LogP contribution in [0.15, 0.2) is 24.3 Å². The fraction of sp³-hybridized carbons (Fsp3) is 0.500. The average Bonchev–Trinajstić information content (AvgIpc) is 2.84. The number of nitro groups is 1. The third-order valence-electron chi connectivity index (χ3n) is 3.24. The summed E-state index contributed by atoms with van der Waals surface area (Å²) in [6.07, 6.45) is 2.81. The zero-order valence-corrected chi connectivity index (χ0v) is 11.9. The molecule has 0 spiro atoms. The van der Waals surface area contributed by atoms with Gasteiger partial charge in [-0.1, -0.05) is 0 Å². The minimum Gasteiger partial charge on any atom is -0.366 e. The van der Waals surface area contributed by atoms with E-state index in [4.69, 9.17) is 4.18 Å². The molecule has 1 fully saturated rings. The first-order valence-electron chi connectivity index (χ1n) is 6.22. The highest BCUT2D eigenvalue weighted by Crippen LogP contribution is 2.27. The maximum atomic E-state index is 11.0. The van der Waals surface area contributed by atoms with Gasteiger partial charge in [0, 0.05) is 24.4 Å². The van der Waals surface area contributed by atoms with Gasteiger partial charge in [0.15, 0.2) is 0 Å². The topological polar surface area (TPSA) is 89.8 Å². The highest BCUT2D eigenvalue weighted by molar-refractivity contribution is 7.85. The molecule has 0 amide bonds. The summed E-state index contributed by atoms with van der Waals surface area (Å²) in [6, 6.07) is 6.23. The molecule has 110 valence electrons. The number of anilines is 1. The molecule has 8 heteroatoms. The van der Waals surface area contributed by atoms with E-state index in [2.05, 4.69) is 0 Å². The van der Waals surface area contributed by atoms with E-state index >= 15 is 0 Å². The summed E-state index contributed by atoms with van der Waals surface area (Å²) in [5.74, 6) is 0. The van der Waals surface area contributed by atoms with Crippen LogP contribution in [0.2, 0.25) is 0 Å². The van der Waals surface area contributed by atoms with E-state index in [1.165, 1.54) is 12.1 Å². The molecule has 1 aromatic rings. The molecule has 1 aliphatic heterocycles. The summed E-state index contributed by atoms with van der Waals surface area (Å²) in [5.41, 5.74) is 0.882. The average molecular weight is 300 g/mol. The Kier molecular flexibility index (Phi) is 4.24. The van der Waals surface area contributed by atoms with Crippen molar-refractivity contribution in [2.45, 2.75) is 18.9 Å². The van der Waals surface area contributed by atoms with Crippen LogP contribution < -0.4 is 4.90 Å². The predicted octanol–water partition coefficient (Wildman–Crippen LogP) is 1.54. The lowest BCUT2D eigenvalue weighted by Gasteiger charge is -2.26. The molecule has 0 radical (unpaired) electrons. The van der Waals surface area contributed by atoms with Crippen molar-refractivity contribution in [1.82, 2.24) is 0 Å². The highest BCUT2D eigenvalue weighted by Gasteiger charge is 2.26. The molecule has 0 aromatic heterocycles. The second-order valence-electron chi connectivity index (χ2n) is 4.75. The van der Waals surface area contributed by atoms with Gasteiger partial charge >= 0.3 is 0 Å². The standard InChI is InChI=1S/C12H16N2O5S/c1-20(17,18)19-9-12-3-2-8-13(12)10-4-6-11(7-5-10)14(15)16/h4-7,12H,2-3,8-9H2,1H3/t12-/m0/s1. The predicted molar refractivity (Wildman–Crippen MR) is 74.3 cm³/mol. The second kappa shape index (κ2) is 5.76. The van der Waals surface area contributed by atoms with Crippen molar-refractivity contribution in [2.24, 2.45) is 0 Å². The molecule has 20 heavy (non-hydrogen) atoms. The van der Waals surface area contributed by atoms with Crippen molar-refractivity contribution < 1.29 is 17.5 Å². The van der Waals surface area contributed by atoms with Gasteiger partial charge in [0.25, 0.3) is 15.8 Å². The van der Waals surface area contributed by atoms with Crippen molar-refractivity contribution in [3.05, 3.63) is 34.4 Å². The molecule has 1 saturated heterocycles. The molecule has 1 atom stereocenters. The molecule has 0 saturated carbocycles. The normalized spacial score (nSPS) is 19.2. The van der Waals surface area contributed by atoms with Gasteiger partial charge < -0.3 is 4.90 Å². The Labute approximate surface area is 117 Å². The van der Waals surface area contributed by atoms with E-state index in [0.717, 1.165) is 31.3 Å². The van der Waals surface area contributed by atoms with Gasteiger partial charge in [0.2, 0.25) is 0 Å². The van der Waals surface area contributed by atoms with E-state index in [1.54, 1.807) is 12.1 Å². The molecule has 0 N–H and O–H groups in total. The minimum atomic E-state index is -3.45. The lowest BCUT2D eigenvalue weighted by molar-refractivity contribution is -0.384. The summed E-state index contributed by atoms with van der Waals surface area (Å²) >= 11 is 0. The number of hydrogen-bond acceptors (Lipinski definition) is 6. The molecule has 2 rings (SSSR count). The van der Waals surface area contributed by atoms with Crippen molar-refractivity contribution in [1.29, 1.82) is 0 Å². The molecule has 0 unspecified atom stereocenters. The van der Waals surface area contributed by atoms with Crippen LogP contribution in [0.25, 0.3) is 0 Å². The van der Waals surface area contributed by atoms with Gasteiger partial charge in [-0.3, -0.25) is 14.3 Å². The zero-order valence-electron chi connectivity index (χ0n) is 11.1. The number of non-ortho nitro benzene ring substituents is 1. The van der Waals surface area contributed by atoms with Crippen molar-refractivity contribution in [3.8, 4) is 0 Å². The van der Waals surface area contributed by atoms with Crippen LogP contribution in [-0.4, -0.2) is 38.8 Å². The lowest BCUT2D eigenvalue weighted by Crippen LogP contribution is -2.33. The Balaban J connectivity index is 2.08. The zero-order chi connectivity index (χ0) is 14.8. The van der Waals surface area contributed by atoms with Gasteiger partial charge in [-0.2, -0.15) is 8.42 Å². The van der Waals surface area contributed by atoms with Gasteiger partial charge in [-0.25, -0.2) is 0 Å². The smallest absolute Gasteiger partial charge is 0.269 e. The van der Waals surface area contributed by atoms with Gasteiger partial charge in [0.1, 0.15) is 0 Å². The van der Waals surface area contributed by atoms with E-state index in [1.807, 2.05) is 4.90 Å². The largest absolute Gasteiger partial charge is 0.366 e. The molecule has 0 bridgehead atoms. The molecular formula is C12H16N2O5S. The number of benzene rings is 1. The summed E-state index contributed by atoms with van der Waals surface area (Å²) in [7, 11) is -3.45. The molecule has 1 aromatic carbocycles. The van der Waals surface area contributed by atoms with Gasteiger partial charge in [0.05, 0.1) is 23.8 Å². The van der Waals surface area contributed by atoms with E-state index in [0.29, 0.717) is 0 Å². The fourth-order valence-corrected chi connectivity index (χ4v) is 2.72. The maximum Gasteiger partial charge on any atom is 0.269 e. The van der Waals surface area contributed by atoms with Crippen LogP contribution in [0.1, 0.15) is 12.8 Å². The first kappa shape index (κ1) is 14.7. The SMILES string of the molecule is CS(=O)(=O)OC[C@@H]1CCCN1c1ccc([N+](=O)[O-])cc1. The Morgan fingerprint density at radius 1 is 1.40 bits per heavy atom. The monoisotopic (exact) mass is 300 g/mol. The summed E-state index contributed by atoms with van der Waals surface area (Å²) in [6.45, 7) is 0.894. The van der Waals surface area contributed by atoms with Gasteiger partial charge in [-0.05, 0) is 25.0 Å². The van der Waals surface area contributed by atoms with Crippen LogP contribution in [0, 0.1) is 10.1 Å². The summed E-state index contributed by atoms with van der Waals surface area (Å²) in [4.78, 5) is 12.2. The van der Waals surface area contributed by atoms with Gasteiger partial charge in [-0.15, -0.1) is 0 Å². The maximum absolute atomic E-state index is 11.0. The van der Waals surface area contributed by atoms with Crippen LogP contribution in [0.5, 0.6) is 0 Å². The quantitative estimate of drug-likeness (QED) is 0.465. The Hall–Kier alpha value is -1.67. The van der Waals surface area contributed by atoms with Crippen molar-refractivity contribution in [2.75, 3.05) is 24.3 Å². The lowest BCUT2D eigenvalue weighted by atomic mass is 10.2. The third kappa shape index (κ3) is 3.67.